The lowest BCUT2D eigenvalue weighted by molar-refractivity contribution is -0.123. The average Bonchev–Trinajstić information content (AvgIpc) is 3.16. The molecular formula is C18H25ClN4O4S. The quantitative estimate of drug-likeness (QED) is 0.533. The van der Waals surface area contributed by atoms with Crippen LogP contribution in [0.25, 0.3) is 0 Å². The predicted octanol–water partition coefficient (Wildman–Crippen LogP) is 2.06. The van der Waals surface area contributed by atoms with Crippen LogP contribution in [0.4, 0.5) is 0 Å². The molecule has 2 aromatic rings. The van der Waals surface area contributed by atoms with E-state index in [0.717, 1.165) is 13.0 Å². The molecule has 1 heterocycles. The summed E-state index contributed by atoms with van der Waals surface area (Å²) >= 11 is 6.11. The fraction of sp³-hybridized carbons (Fsp3) is 0.444. The van der Waals surface area contributed by atoms with Crippen LogP contribution in [-0.2, 0) is 21.4 Å². The van der Waals surface area contributed by atoms with Crippen LogP contribution in [0.15, 0.2) is 41.8 Å². The molecule has 0 unspecified atom stereocenters. The number of hydrogen-bond acceptors (Lipinski definition) is 5. The number of amides is 1. The van der Waals surface area contributed by atoms with E-state index in [0.29, 0.717) is 13.1 Å². The minimum absolute atomic E-state index is 0.0504. The molecule has 10 heteroatoms. The molecule has 0 aliphatic rings. The van der Waals surface area contributed by atoms with Gasteiger partial charge in [-0.25, -0.2) is 18.1 Å². The maximum absolute atomic E-state index is 12.2. The highest BCUT2D eigenvalue weighted by atomic mass is 35.5. The molecule has 0 spiro atoms. The Morgan fingerprint density at radius 1 is 1.36 bits per heavy atom. The molecule has 8 nitrogen and oxygen atoms in total. The van der Waals surface area contributed by atoms with Crippen molar-refractivity contribution in [3.8, 4) is 5.75 Å². The number of aryl methyl sites for hydroxylation is 1. The van der Waals surface area contributed by atoms with E-state index in [1.54, 1.807) is 12.5 Å². The molecule has 154 valence electrons. The zero-order valence-corrected chi connectivity index (χ0v) is 17.5. The van der Waals surface area contributed by atoms with Gasteiger partial charge < -0.3 is 14.6 Å². The Kier molecular flexibility index (Phi) is 8.28. The molecule has 0 atom stereocenters. The number of hydrogen-bond donors (Lipinski definition) is 2. The first-order valence-electron chi connectivity index (χ1n) is 8.92. The highest BCUT2D eigenvalue weighted by Gasteiger charge is 2.16. The summed E-state index contributed by atoms with van der Waals surface area (Å²) in [4.78, 5) is 15.9. The lowest BCUT2D eigenvalue weighted by Crippen LogP contribution is -2.30. The summed E-state index contributed by atoms with van der Waals surface area (Å²) in [6.07, 6.45) is 6.04. The molecule has 0 saturated carbocycles. The second-order valence-electron chi connectivity index (χ2n) is 6.63. The second kappa shape index (κ2) is 10.4. The summed E-state index contributed by atoms with van der Waals surface area (Å²) in [5.41, 5.74) is 0. The molecule has 2 rings (SSSR count). The minimum atomic E-state index is -3.64. The van der Waals surface area contributed by atoms with Crippen LogP contribution in [0.3, 0.4) is 0 Å². The molecule has 0 bridgehead atoms. The van der Waals surface area contributed by atoms with Crippen LogP contribution in [0.1, 0.15) is 20.3 Å². The maximum Gasteiger partial charge on any atom is 0.257 e. The van der Waals surface area contributed by atoms with E-state index in [1.165, 1.54) is 18.2 Å². The van der Waals surface area contributed by atoms with E-state index in [2.05, 4.69) is 15.0 Å². The fourth-order valence-electron chi connectivity index (χ4n) is 2.23. The number of ether oxygens (including phenoxy) is 1. The van der Waals surface area contributed by atoms with E-state index < -0.39 is 10.0 Å². The smallest absolute Gasteiger partial charge is 0.257 e. The summed E-state index contributed by atoms with van der Waals surface area (Å²) in [5, 5.41) is 2.88. The molecule has 0 fully saturated rings. The van der Waals surface area contributed by atoms with Gasteiger partial charge in [0.1, 0.15) is 5.75 Å². The van der Waals surface area contributed by atoms with Crippen molar-refractivity contribution in [1.82, 2.24) is 19.6 Å². The standard InChI is InChI=1S/C18H25ClN4O4S/c1-14(2)11-22-28(25,26)15-4-5-17(16(19)10-15)27-12-18(24)21-6-3-8-23-9-7-20-13-23/h4-5,7,9-10,13-14,22H,3,6,8,11-12H2,1-2H3,(H,21,24). The van der Waals surface area contributed by atoms with Crippen LogP contribution >= 0.6 is 11.6 Å². The van der Waals surface area contributed by atoms with Crippen LogP contribution in [-0.4, -0.2) is 43.6 Å². The lowest BCUT2D eigenvalue weighted by Gasteiger charge is -2.12. The van der Waals surface area contributed by atoms with Gasteiger partial charge in [0.15, 0.2) is 6.61 Å². The number of carbonyl (C=O) groups excluding carboxylic acids is 1. The van der Waals surface area contributed by atoms with Gasteiger partial charge >= 0.3 is 0 Å². The average molecular weight is 429 g/mol. The van der Waals surface area contributed by atoms with Crippen molar-refractivity contribution >= 4 is 27.5 Å². The fourth-order valence-corrected chi connectivity index (χ4v) is 3.77. The molecule has 1 aromatic heterocycles. The van der Waals surface area contributed by atoms with Crippen molar-refractivity contribution in [2.45, 2.75) is 31.7 Å². The Hall–Kier alpha value is -2.10. The van der Waals surface area contributed by atoms with E-state index in [1.807, 2.05) is 24.6 Å². The molecule has 0 saturated heterocycles. The van der Waals surface area contributed by atoms with Crippen molar-refractivity contribution in [3.63, 3.8) is 0 Å². The molecule has 28 heavy (non-hydrogen) atoms. The number of nitrogens with one attached hydrogen (secondary N) is 2. The first kappa shape index (κ1) is 22.2. The number of rotatable bonds is 11. The van der Waals surface area contributed by atoms with Gasteiger partial charge in [-0.05, 0) is 30.5 Å². The van der Waals surface area contributed by atoms with Crippen LogP contribution in [0.2, 0.25) is 5.02 Å². The van der Waals surface area contributed by atoms with Crippen LogP contribution in [0.5, 0.6) is 5.75 Å². The van der Waals surface area contributed by atoms with Gasteiger partial charge in [0, 0.05) is 32.0 Å². The van der Waals surface area contributed by atoms with Crippen molar-refractivity contribution in [3.05, 3.63) is 41.9 Å². The van der Waals surface area contributed by atoms with Gasteiger partial charge in [0.05, 0.1) is 16.2 Å². The summed E-state index contributed by atoms with van der Waals surface area (Å²) in [7, 11) is -3.64. The van der Waals surface area contributed by atoms with Crippen LogP contribution in [0, 0.1) is 5.92 Å². The van der Waals surface area contributed by atoms with Gasteiger partial charge in [-0.3, -0.25) is 4.79 Å². The third-order valence-corrected chi connectivity index (χ3v) is 5.45. The number of imidazole rings is 1. The Balaban J connectivity index is 1.79. The summed E-state index contributed by atoms with van der Waals surface area (Å²) in [6, 6.07) is 4.15. The van der Waals surface area contributed by atoms with Gasteiger partial charge in [-0.1, -0.05) is 25.4 Å². The zero-order chi connectivity index (χ0) is 20.6. The minimum Gasteiger partial charge on any atom is -0.482 e. The Bertz CT molecular complexity index is 870. The molecule has 2 N–H and O–H groups in total. The first-order valence-corrected chi connectivity index (χ1v) is 10.8. The Labute approximate surface area is 170 Å². The largest absolute Gasteiger partial charge is 0.482 e. The van der Waals surface area contributed by atoms with Crippen molar-refractivity contribution in [2.75, 3.05) is 19.7 Å². The van der Waals surface area contributed by atoms with Gasteiger partial charge in [0.2, 0.25) is 10.0 Å². The normalized spacial score (nSPS) is 11.6. The molecular weight excluding hydrogens is 404 g/mol. The van der Waals surface area contributed by atoms with Gasteiger partial charge in [0.25, 0.3) is 5.91 Å². The molecule has 0 radical (unpaired) electrons. The summed E-state index contributed by atoms with van der Waals surface area (Å²) < 4.78 is 34.3. The highest BCUT2D eigenvalue weighted by Crippen LogP contribution is 2.27. The van der Waals surface area contributed by atoms with Crippen molar-refractivity contribution in [1.29, 1.82) is 0 Å². The predicted molar refractivity (Wildman–Crippen MR) is 107 cm³/mol. The highest BCUT2D eigenvalue weighted by molar-refractivity contribution is 7.89. The summed E-state index contributed by atoms with van der Waals surface area (Å²) in [5.74, 6) is 0.154. The first-order chi connectivity index (χ1) is 13.3. The molecule has 1 amide bonds. The van der Waals surface area contributed by atoms with Gasteiger partial charge in [-0.2, -0.15) is 0 Å². The maximum atomic E-state index is 12.2. The Morgan fingerprint density at radius 2 is 2.14 bits per heavy atom. The molecule has 0 aliphatic heterocycles. The van der Waals surface area contributed by atoms with E-state index >= 15 is 0 Å². The van der Waals surface area contributed by atoms with Gasteiger partial charge in [-0.15, -0.1) is 0 Å². The SMILES string of the molecule is CC(C)CNS(=O)(=O)c1ccc(OCC(=O)NCCCn2ccnc2)c(Cl)c1. The lowest BCUT2D eigenvalue weighted by atomic mass is 10.2. The third kappa shape index (κ3) is 7.14. The van der Waals surface area contributed by atoms with Crippen molar-refractivity contribution < 1.29 is 17.9 Å². The van der Waals surface area contributed by atoms with E-state index in [9.17, 15) is 13.2 Å². The number of halogens is 1. The topological polar surface area (TPSA) is 102 Å². The van der Waals surface area contributed by atoms with E-state index in [-0.39, 0.29) is 34.1 Å². The van der Waals surface area contributed by atoms with Crippen LogP contribution < -0.4 is 14.8 Å². The number of benzene rings is 1. The van der Waals surface area contributed by atoms with Crippen molar-refractivity contribution in [2.24, 2.45) is 5.92 Å². The number of aromatic nitrogens is 2. The zero-order valence-electron chi connectivity index (χ0n) is 15.9. The van der Waals surface area contributed by atoms with E-state index in [4.69, 9.17) is 16.3 Å². The Morgan fingerprint density at radius 3 is 2.79 bits per heavy atom. The number of nitrogens with zero attached hydrogens (tertiary/aromatic N) is 2. The second-order valence-corrected chi connectivity index (χ2v) is 8.80. The summed E-state index contributed by atoms with van der Waals surface area (Å²) in [6.45, 7) is 5.21. The number of carbonyl (C=O) groups is 1. The monoisotopic (exact) mass is 428 g/mol. The molecule has 1 aromatic carbocycles. The molecule has 0 aliphatic carbocycles. The third-order valence-electron chi connectivity index (χ3n) is 3.73. The number of sulfonamides is 1.